The molecule has 2 aromatic rings. The van der Waals surface area contributed by atoms with Crippen molar-refractivity contribution >= 4 is 11.9 Å². The van der Waals surface area contributed by atoms with Crippen LogP contribution in [0.5, 0.6) is 0 Å². The highest BCUT2D eigenvalue weighted by Gasteiger charge is 2.23. The molecule has 0 radical (unpaired) electrons. The average molecular weight is 260 g/mol. The van der Waals surface area contributed by atoms with Crippen molar-refractivity contribution in [1.29, 1.82) is 0 Å². The van der Waals surface area contributed by atoms with Crippen molar-refractivity contribution in [3.8, 4) is 11.1 Å². The van der Waals surface area contributed by atoms with Gasteiger partial charge in [-0.2, -0.15) is 0 Å². The van der Waals surface area contributed by atoms with E-state index >= 15 is 0 Å². The first kappa shape index (κ1) is 13.1. The molecular weight excluding hydrogens is 244 g/mol. The second kappa shape index (κ2) is 4.76. The van der Waals surface area contributed by atoms with Crippen LogP contribution in [0.15, 0.2) is 22.7 Å². The third-order valence-electron chi connectivity index (χ3n) is 3.12. The molecule has 0 atom stereocenters. The number of aromatic nitrogens is 1. The van der Waals surface area contributed by atoms with Crippen LogP contribution < -0.4 is 5.73 Å². The first-order valence-electron chi connectivity index (χ1n) is 6.01. The number of rotatable bonds is 3. The molecule has 0 saturated heterocycles. The minimum atomic E-state index is -1.15. The summed E-state index contributed by atoms with van der Waals surface area (Å²) in [5.41, 5.74) is 8.71. The molecule has 0 saturated carbocycles. The van der Waals surface area contributed by atoms with Gasteiger partial charge >= 0.3 is 5.97 Å². The Balaban J connectivity index is 2.68. The molecule has 0 spiro atoms. The second-order valence-electron chi connectivity index (χ2n) is 4.80. The van der Waals surface area contributed by atoms with E-state index in [2.05, 4.69) is 19.0 Å². The van der Waals surface area contributed by atoms with Gasteiger partial charge < -0.3 is 15.4 Å². The van der Waals surface area contributed by atoms with Crippen LogP contribution in [0, 0.1) is 6.92 Å². The lowest BCUT2D eigenvalue weighted by Gasteiger charge is -2.10. The Labute approximate surface area is 111 Å². The molecule has 0 unspecified atom stereocenters. The van der Waals surface area contributed by atoms with Crippen molar-refractivity contribution in [3.05, 3.63) is 35.0 Å². The zero-order valence-electron chi connectivity index (χ0n) is 11.1. The summed E-state index contributed by atoms with van der Waals surface area (Å²) in [7, 11) is 0. The molecule has 0 aliphatic rings. The number of aryl methyl sites for hydroxylation is 1. The standard InChI is InChI=1S/C14H16N2O3/c1-7(2)9-5-4-8(3)10(6-9)11-12(14(17)18)16-19-13(11)15/h4-7H,15H2,1-3H3,(H,17,18). The molecule has 0 aliphatic carbocycles. The largest absolute Gasteiger partial charge is 0.476 e. The monoisotopic (exact) mass is 260 g/mol. The molecule has 0 fully saturated rings. The van der Waals surface area contributed by atoms with Crippen LogP contribution in [0.4, 0.5) is 5.88 Å². The zero-order chi connectivity index (χ0) is 14.2. The number of carbonyl (C=O) groups is 1. The number of hydrogen-bond donors (Lipinski definition) is 2. The van der Waals surface area contributed by atoms with Crippen molar-refractivity contribution in [2.24, 2.45) is 0 Å². The maximum Gasteiger partial charge on any atom is 0.358 e. The van der Waals surface area contributed by atoms with Crippen molar-refractivity contribution in [1.82, 2.24) is 5.16 Å². The van der Waals surface area contributed by atoms with Crippen LogP contribution in [0.3, 0.4) is 0 Å². The van der Waals surface area contributed by atoms with E-state index in [0.29, 0.717) is 11.5 Å². The van der Waals surface area contributed by atoms with E-state index in [1.807, 2.05) is 25.1 Å². The Morgan fingerprint density at radius 2 is 2.11 bits per heavy atom. The summed E-state index contributed by atoms with van der Waals surface area (Å²) >= 11 is 0. The summed E-state index contributed by atoms with van der Waals surface area (Å²) in [5, 5.41) is 12.6. The van der Waals surface area contributed by atoms with Crippen LogP contribution >= 0.6 is 0 Å². The van der Waals surface area contributed by atoms with Crippen LogP contribution in [-0.4, -0.2) is 16.2 Å². The summed E-state index contributed by atoms with van der Waals surface area (Å²) < 4.78 is 4.81. The molecule has 0 amide bonds. The van der Waals surface area contributed by atoms with Crippen LogP contribution in [0.2, 0.25) is 0 Å². The van der Waals surface area contributed by atoms with Gasteiger partial charge in [-0.1, -0.05) is 37.2 Å². The second-order valence-corrected chi connectivity index (χ2v) is 4.80. The number of carboxylic acid groups (broad SMARTS) is 1. The Kier molecular flexibility index (Phi) is 3.29. The Bertz CT molecular complexity index is 630. The maximum absolute atomic E-state index is 11.2. The quantitative estimate of drug-likeness (QED) is 0.885. The molecule has 100 valence electrons. The number of aromatic carboxylic acids is 1. The van der Waals surface area contributed by atoms with Gasteiger partial charge in [-0.15, -0.1) is 0 Å². The topological polar surface area (TPSA) is 89.3 Å². The fourth-order valence-corrected chi connectivity index (χ4v) is 1.98. The molecule has 19 heavy (non-hydrogen) atoms. The third kappa shape index (κ3) is 2.31. The van der Waals surface area contributed by atoms with Crippen molar-refractivity contribution in [2.45, 2.75) is 26.7 Å². The van der Waals surface area contributed by atoms with Gasteiger partial charge in [0.15, 0.2) is 0 Å². The number of carboxylic acids is 1. The molecule has 5 heteroatoms. The van der Waals surface area contributed by atoms with Gasteiger partial charge in [-0.3, -0.25) is 0 Å². The van der Waals surface area contributed by atoms with Crippen LogP contribution in [0.25, 0.3) is 11.1 Å². The summed E-state index contributed by atoms with van der Waals surface area (Å²) in [5.74, 6) is -0.778. The SMILES string of the molecule is Cc1ccc(C(C)C)cc1-c1c(C(=O)O)noc1N. The van der Waals surface area contributed by atoms with Gasteiger partial charge in [0.2, 0.25) is 11.6 Å². The number of nitrogen functional groups attached to an aromatic ring is 1. The molecule has 1 aromatic heterocycles. The first-order chi connectivity index (χ1) is 8.91. The lowest BCUT2D eigenvalue weighted by atomic mass is 9.93. The molecule has 5 nitrogen and oxygen atoms in total. The summed E-state index contributed by atoms with van der Waals surface area (Å²) in [6.07, 6.45) is 0. The highest BCUT2D eigenvalue weighted by atomic mass is 16.5. The molecule has 1 heterocycles. The Morgan fingerprint density at radius 1 is 1.42 bits per heavy atom. The van der Waals surface area contributed by atoms with Crippen LogP contribution in [-0.2, 0) is 0 Å². The van der Waals surface area contributed by atoms with E-state index in [0.717, 1.165) is 16.7 Å². The summed E-state index contributed by atoms with van der Waals surface area (Å²) in [6.45, 7) is 6.05. The normalized spacial score (nSPS) is 10.9. The zero-order valence-corrected chi connectivity index (χ0v) is 11.1. The van der Waals surface area contributed by atoms with Gasteiger partial charge in [0.05, 0.1) is 5.56 Å². The Morgan fingerprint density at radius 3 is 2.68 bits per heavy atom. The van der Waals surface area contributed by atoms with E-state index < -0.39 is 5.97 Å². The fourth-order valence-electron chi connectivity index (χ4n) is 1.98. The molecular formula is C14H16N2O3. The highest BCUT2D eigenvalue weighted by Crippen LogP contribution is 2.34. The summed E-state index contributed by atoms with van der Waals surface area (Å²) in [6, 6.07) is 5.91. The van der Waals surface area contributed by atoms with Gasteiger partial charge in [-0.25, -0.2) is 4.79 Å². The number of anilines is 1. The van der Waals surface area contributed by atoms with Crippen molar-refractivity contribution in [3.63, 3.8) is 0 Å². The lowest BCUT2D eigenvalue weighted by molar-refractivity contribution is 0.0686. The Hall–Kier alpha value is -2.30. The lowest BCUT2D eigenvalue weighted by Crippen LogP contribution is -2.01. The molecule has 1 aromatic carbocycles. The predicted octanol–water partition coefficient (Wildman–Crippen LogP) is 3.05. The number of nitrogens with zero attached hydrogens (tertiary/aromatic N) is 1. The van der Waals surface area contributed by atoms with Crippen molar-refractivity contribution in [2.75, 3.05) is 5.73 Å². The fraction of sp³-hybridized carbons (Fsp3) is 0.286. The summed E-state index contributed by atoms with van der Waals surface area (Å²) in [4.78, 5) is 11.2. The maximum atomic E-state index is 11.2. The third-order valence-corrected chi connectivity index (χ3v) is 3.12. The number of hydrogen-bond acceptors (Lipinski definition) is 4. The van der Waals surface area contributed by atoms with Gasteiger partial charge in [0.1, 0.15) is 0 Å². The van der Waals surface area contributed by atoms with Crippen molar-refractivity contribution < 1.29 is 14.4 Å². The minimum Gasteiger partial charge on any atom is -0.476 e. The molecule has 2 rings (SSSR count). The molecule has 0 aliphatic heterocycles. The predicted molar refractivity (Wildman–Crippen MR) is 72.1 cm³/mol. The van der Waals surface area contributed by atoms with Gasteiger partial charge in [0, 0.05) is 0 Å². The smallest absolute Gasteiger partial charge is 0.358 e. The van der Waals surface area contributed by atoms with E-state index in [9.17, 15) is 4.79 Å². The van der Waals surface area contributed by atoms with Gasteiger partial charge in [-0.05, 0) is 29.5 Å². The molecule has 3 N–H and O–H groups in total. The highest BCUT2D eigenvalue weighted by molar-refractivity contribution is 5.97. The van der Waals surface area contributed by atoms with E-state index in [1.54, 1.807) is 0 Å². The van der Waals surface area contributed by atoms with E-state index in [1.165, 1.54) is 0 Å². The van der Waals surface area contributed by atoms with E-state index in [-0.39, 0.29) is 11.6 Å². The number of nitrogens with two attached hydrogens (primary N) is 1. The average Bonchev–Trinajstić information content (AvgIpc) is 2.71. The molecule has 0 bridgehead atoms. The minimum absolute atomic E-state index is 0.0291. The number of benzene rings is 1. The van der Waals surface area contributed by atoms with Gasteiger partial charge in [0.25, 0.3) is 0 Å². The van der Waals surface area contributed by atoms with Crippen LogP contribution in [0.1, 0.15) is 41.4 Å². The first-order valence-corrected chi connectivity index (χ1v) is 6.01. The van der Waals surface area contributed by atoms with E-state index in [4.69, 9.17) is 15.4 Å².